The highest BCUT2D eigenvalue weighted by Crippen LogP contribution is 2.45. The topological polar surface area (TPSA) is 35.5 Å². The third-order valence-electron chi connectivity index (χ3n) is 8.08. The van der Waals surface area contributed by atoms with Crippen molar-refractivity contribution in [1.29, 1.82) is 0 Å². The second-order valence-corrected chi connectivity index (χ2v) is 12.0. The Morgan fingerprint density at radius 1 is 0.882 bits per heavy atom. The van der Waals surface area contributed by atoms with Crippen molar-refractivity contribution in [2.24, 2.45) is 17.8 Å². The molecule has 0 spiro atoms. The van der Waals surface area contributed by atoms with Crippen molar-refractivity contribution in [2.75, 3.05) is 0 Å². The molecule has 0 saturated heterocycles. The quantitative estimate of drug-likeness (QED) is 0.212. The Morgan fingerprint density at radius 2 is 1.44 bits per heavy atom. The van der Waals surface area contributed by atoms with Crippen molar-refractivity contribution in [1.82, 2.24) is 0 Å². The van der Waals surface area contributed by atoms with Gasteiger partial charge in [0, 0.05) is 12.5 Å². The molecular weight excluding hydrogens is 420 g/mol. The number of rotatable bonds is 13. The fourth-order valence-corrected chi connectivity index (χ4v) is 5.56. The number of carbonyl (C=O) groups is 1. The van der Waals surface area contributed by atoms with Crippen LogP contribution in [0.2, 0.25) is 0 Å². The molecule has 2 rings (SSSR count). The summed E-state index contributed by atoms with van der Waals surface area (Å²) in [5.74, 6) is 3.99. The van der Waals surface area contributed by atoms with Crippen molar-refractivity contribution in [3.8, 4) is 11.5 Å². The smallest absolute Gasteiger partial charge is 0.308 e. The van der Waals surface area contributed by atoms with E-state index in [0.29, 0.717) is 0 Å². The number of benzene rings is 1. The fourth-order valence-electron chi connectivity index (χ4n) is 5.56. The Kier molecular flexibility index (Phi) is 11.0. The molecule has 1 aromatic carbocycles. The summed E-state index contributed by atoms with van der Waals surface area (Å²) in [6.45, 7) is 19.5. The summed E-state index contributed by atoms with van der Waals surface area (Å²) >= 11 is 0. The Labute approximate surface area is 210 Å². The van der Waals surface area contributed by atoms with Crippen LogP contribution in [0.5, 0.6) is 11.5 Å². The lowest BCUT2D eigenvalue weighted by molar-refractivity contribution is -0.132. The van der Waals surface area contributed by atoms with Crippen LogP contribution in [0.15, 0.2) is 0 Å². The summed E-state index contributed by atoms with van der Waals surface area (Å²) in [4.78, 5) is 11.6. The largest absolute Gasteiger partial charge is 0.487 e. The van der Waals surface area contributed by atoms with E-state index in [4.69, 9.17) is 9.47 Å². The van der Waals surface area contributed by atoms with Gasteiger partial charge in [0.05, 0.1) is 0 Å². The van der Waals surface area contributed by atoms with Crippen molar-refractivity contribution in [3.63, 3.8) is 0 Å². The molecule has 1 aliphatic heterocycles. The highest BCUT2D eigenvalue weighted by molar-refractivity contribution is 5.72. The van der Waals surface area contributed by atoms with Gasteiger partial charge >= 0.3 is 5.97 Å². The van der Waals surface area contributed by atoms with E-state index in [1.165, 1.54) is 63.9 Å². The normalized spacial score (nSPS) is 19.5. The number of esters is 1. The minimum Gasteiger partial charge on any atom is -0.487 e. The summed E-state index contributed by atoms with van der Waals surface area (Å²) in [7, 11) is 0. The van der Waals surface area contributed by atoms with E-state index in [2.05, 4.69) is 48.5 Å². The number of carbonyl (C=O) groups excluding carboxylic acids is 1. The molecular formula is C31H52O3. The summed E-state index contributed by atoms with van der Waals surface area (Å²) in [5.41, 5.74) is 4.29. The predicted octanol–water partition coefficient (Wildman–Crippen LogP) is 9.06. The molecule has 0 bridgehead atoms. The first-order valence-corrected chi connectivity index (χ1v) is 13.9. The van der Waals surface area contributed by atoms with Crippen LogP contribution in [0.4, 0.5) is 0 Å². The number of hydrogen-bond acceptors (Lipinski definition) is 3. The van der Waals surface area contributed by atoms with Gasteiger partial charge in [0.2, 0.25) is 0 Å². The van der Waals surface area contributed by atoms with Crippen LogP contribution in [-0.4, -0.2) is 11.6 Å². The van der Waals surface area contributed by atoms with Crippen LogP contribution in [0, 0.1) is 38.5 Å². The lowest BCUT2D eigenvalue weighted by Crippen LogP contribution is -2.37. The van der Waals surface area contributed by atoms with Crippen molar-refractivity contribution >= 4 is 5.97 Å². The van der Waals surface area contributed by atoms with E-state index < -0.39 is 0 Å². The molecule has 3 heteroatoms. The molecule has 0 aromatic heterocycles. The average Bonchev–Trinajstić information content (AvgIpc) is 2.74. The third kappa shape index (κ3) is 8.31. The molecule has 0 aliphatic carbocycles. The third-order valence-corrected chi connectivity index (χ3v) is 8.08. The molecule has 1 heterocycles. The van der Waals surface area contributed by atoms with E-state index in [9.17, 15) is 4.79 Å². The zero-order chi connectivity index (χ0) is 25.5. The van der Waals surface area contributed by atoms with Gasteiger partial charge in [-0.25, -0.2) is 0 Å². The molecule has 0 radical (unpaired) electrons. The Hall–Kier alpha value is -1.51. The Balaban J connectivity index is 1.82. The Bertz CT molecular complexity index is 810. The molecule has 0 unspecified atom stereocenters. The van der Waals surface area contributed by atoms with Gasteiger partial charge in [-0.15, -0.1) is 0 Å². The van der Waals surface area contributed by atoms with Gasteiger partial charge in [-0.1, -0.05) is 72.6 Å². The monoisotopic (exact) mass is 472 g/mol. The van der Waals surface area contributed by atoms with E-state index in [0.717, 1.165) is 65.2 Å². The van der Waals surface area contributed by atoms with Crippen LogP contribution < -0.4 is 9.47 Å². The summed E-state index contributed by atoms with van der Waals surface area (Å²) < 4.78 is 12.2. The van der Waals surface area contributed by atoms with Gasteiger partial charge in [0.25, 0.3) is 0 Å². The minimum atomic E-state index is -0.262. The first-order valence-electron chi connectivity index (χ1n) is 13.9. The van der Waals surface area contributed by atoms with Gasteiger partial charge < -0.3 is 9.47 Å². The standard InChI is InChI=1S/C31H52O3/c1-21(2)13-10-14-22(3)15-11-16-23(4)17-12-19-31(9)20-18-28-26(7)29(33-27(8)32)24(5)25(6)30(28)34-31/h21-23H,10-20H2,1-9H3/t22-,23-,31+/m1/s1. The number of ether oxygens (including phenoxy) is 2. The van der Waals surface area contributed by atoms with E-state index in [1.54, 1.807) is 0 Å². The SMILES string of the molecule is CC(=O)Oc1c(C)c(C)c2c(c1C)CC[C@](C)(CCC[C@H](C)CCC[C@H](C)CCCC(C)C)O2. The zero-order valence-electron chi connectivity index (χ0n) is 23.7. The van der Waals surface area contributed by atoms with Crippen LogP contribution in [0.3, 0.4) is 0 Å². The summed E-state index contributed by atoms with van der Waals surface area (Å²) in [6, 6.07) is 0. The molecule has 1 aromatic rings. The summed E-state index contributed by atoms with van der Waals surface area (Å²) in [5, 5.41) is 0. The zero-order valence-corrected chi connectivity index (χ0v) is 23.7. The van der Waals surface area contributed by atoms with Gasteiger partial charge in [0.15, 0.2) is 0 Å². The first kappa shape index (κ1) is 28.7. The van der Waals surface area contributed by atoms with E-state index >= 15 is 0 Å². The second-order valence-electron chi connectivity index (χ2n) is 12.0. The molecule has 0 saturated carbocycles. The molecule has 1 aliphatic rings. The van der Waals surface area contributed by atoms with Gasteiger partial charge in [-0.2, -0.15) is 0 Å². The highest BCUT2D eigenvalue weighted by atomic mass is 16.5. The van der Waals surface area contributed by atoms with Crippen LogP contribution in [0.25, 0.3) is 0 Å². The molecule has 0 N–H and O–H groups in total. The van der Waals surface area contributed by atoms with Crippen LogP contribution >= 0.6 is 0 Å². The van der Waals surface area contributed by atoms with Gasteiger partial charge in [0.1, 0.15) is 17.1 Å². The fraction of sp³-hybridized carbons (Fsp3) is 0.774. The molecule has 3 nitrogen and oxygen atoms in total. The van der Waals surface area contributed by atoms with Crippen molar-refractivity contribution in [2.45, 2.75) is 139 Å². The van der Waals surface area contributed by atoms with Crippen LogP contribution in [-0.2, 0) is 11.2 Å². The maximum atomic E-state index is 11.6. The van der Waals surface area contributed by atoms with Gasteiger partial charge in [-0.3, -0.25) is 4.79 Å². The lowest BCUT2D eigenvalue weighted by Gasteiger charge is -2.38. The molecule has 194 valence electrons. The maximum absolute atomic E-state index is 11.6. The lowest BCUT2D eigenvalue weighted by atomic mass is 9.83. The minimum absolute atomic E-state index is 0.107. The van der Waals surface area contributed by atoms with Gasteiger partial charge in [-0.05, 0) is 87.8 Å². The maximum Gasteiger partial charge on any atom is 0.308 e. The molecule has 34 heavy (non-hydrogen) atoms. The second kappa shape index (κ2) is 13.0. The molecule has 3 atom stereocenters. The predicted molar refractivity (Wildman–Crippen MR) is 144 cm³/mol. The Morgan fingerprint density at radius 3 is 2.00 bits per heavy atom. The first-order chi connectivity index (χ1) is 15.9. The van der Waals surface area contributed by atoms with E-state index in [1.807, 2.05) is 6.92 Å². The van der Waals surface area contributed by atoms with Crippen molar-refractivity contribution in [3.05, 3.63) is 22.3 Å². The highest BCUT2D eigenvalue weighted by Gasteiger charge is 2.34. The molecule has 0 fully saturated rings. The van der Waals surface area contributed by atoms with Crippen LogP contribution in [0.1, 0.15) is 128 Å². The molecule has 0 amide bonds. The van der Waals surface area contributed by atoms with E-state index in [-0.39, 0.29) is 11.6 Å². The number of hydrogen-bond donors (Lipinski definition) is 0. The van der Waals surface area contributed by atoms with Crippen molar-refractivity contribution < 1.29 is 14.3 Å². The summed E-state index contributed by atoms with van der Waals surface area (Å²) in [6.07, 6.45) is 13.9. The average molecular weight is 473 g/mol. The number of fused-ring (bicyclic) bond motifs is 1.